The van der Waals surface area contributed by atoms with Crippen molar-refractivity contribution in [3.63, 3.8) is 0 Å². The molecule has 2 aromatic rings. The quantitative estimate of drug-likeness (QED) is 0.743. The molecule has 0 aliphatic rings. The Hall–Kier alpha value is -2.04. The molecule has 0 spiro atoms. The minimum Gasteiger partial charge on any atom is -0.628 e. The van der Waals surface area contributed by atoms with Crippen molar-refractivity contribution in [2.24, 2.45) is 0 Å². The molecule has 0 fully saturated rings. The van der Waals surface area contributed by atoms with E-state index in [0.29, 0.717) is 23.9 Å². The fourth-order valence-corrected chi connectivity index (χ4v) is 2.21. The molecule has 24 heavy (non-hydrogen) atoms. The number of carbonyl (C=O) groups excluding carboxylic acids is 1. The van der Waals surface area contributed by atoms with Crippen molar-refractivity contribution in [1.29, 1.82) is 0 Å². The first kappa shape index (κ1) is 22.0. The van der Waals surface area contributed by atoms with Crippen LogP contribution in [0.3, 0.4) is 0 Å². The van der Waals surface area contributed by atoms with Gasteiger partial charge in [0.25, 0.3) is 5.97 Å². The van der Waals surface area contributed by atoms with Gasteiger partial charge in [0, 0.05) is 0 Å². The van der Waals surface area contributed by atoms with E-state index in [-0.39, 0.29) is 22.8 Å². The molecule has 6 nitrogen and oxygen atoms in total. The highest BCUT2D eigenvalue weighted by Gasteiger charge is 2.17. The van der Waals surface area contributed by atoms with Crippen LogP contribution in [-0.2, 0) is 8.58 Å². The first-order chi connectivity index (χ1) is 10.7. The Morgan fingerprint density at radius 2 is 1.75 bits per heavy atom. The summed E-state index contributed by atoms with van der Waals surface area (Å²) in [4.78, 5) is 11.7. The fraction of sp³-hybridized carbons (Fsp3) is 0.235. The average molecular weight is 348 g/mol. The minimum absolute atomic E-state index is 0. The summed E-state index contributed by atoms with van der Waals surface area (Å²) in [6.07, 6.45) is 0. The van der Waals surface area contributed by atoms with Crippen molar-refractivity contribution in [3.8, 4) is 17.2 Å². The van der Waals surface area contributed by atoms with Crippen LogP contribution in [0.2, 0.25) is 0 Å². The zero-order valence-corrected chi connectivity index (χ0v) is 14.8. The highest BCUT2D eigenvalue weighted by Crippen LogP contribution is 2.34. The first-order valence-electron chi connectivity index (χ1n) is 7.06. The molecule has 0 aromatic heterocycles. The summed E-state index contributed by atoms with van der Waals surface area (Å²) in [6.45, 7) is 4.23. The van der Waals surface area contributed by atoms with Crippen molar-refractivity contribution in [2.75, 3.05) is 6.61 Å². The Morgan fingerprint density at radius 1 is 1.08 bits per heavy atom. The molecule has 0 aliphatic heterocycles. The minimum atomic E-state index is -0.383. The number of carbonyl (C=O) groups is 1. The van der Waals surface area contributed by atoms with Crippen LogP contribution in [0.25, 0.3) is 0 Å². The van der Waals surface area contributed by atoms with Gasteiger partial charge in [-0.1, -0.05) is 24.3 Å². The number of hydrogen-bond donors (Lipinski definition) is 0. The van der Waals surface area contributed by atoms with Crippen LogP contribution >= 0.6 is 0 Å². The van der Waals surface area contributed by atoms with E-state index >= 15 is 0 Å². The van der Waals surface area contributed by atoms with Gasteiger partial charge in [0.15, 0.2) is 11.5 Å². The molecule has 1 unspecified atom stereocenters. The number of para-hydroxylation sites is 1. The van der Waals surface area contributed by atoms with Crippen LogP contribution in [0.5, 0.6) is 17.2 Å². The van der Waals surface area contributed by atoms with E-state index < -0.39 is 0 Å². The average Bonchev–Trinajstić information content (AvgIpc) is 2.56. The summed E-state index contributed by atoms with van der Waals surface area (Å²) in [7, 11) is 0. The molecule has 1 atom stereocenters. The van der Waals surface area contributed by atoms with E-state index in [1.807, 2.05) is 72.1 Å². The third-order valence-electron chi connectivity index (χ3n) is 3.21. The Morgan fingerprint density at radius 3 is 2.33 bits per heavy atom. The molecule has 4 N–H and O–H groups in total. The molecule has 7 heteroatoms. The predicted octanol–water partition coefficient (Wildman–Crippen LogP) is 1.96. The van der Waals surface area contributed by atoms with E-state index in [2.05, 4.69) is 0 Å². The molecule has 128 valence electrons. The van der Waals surface area contributed by atoms with Gasteiger partial charge in [0.2, 0.25) is 0 Å². The van der Waals surface area contributed by atoms with Crippen molar-refractivity contribution >= 4 is 22.6 Å². The summed E-state index contributed by atoms with van der Waals surface area (Å²) in [6, 6.07) is 14.9. The molecular weight excluding hydrogens is 327 g/mol. The number of benzene rings is 2. The van der Waals surface area contributed by atoms with Gasteiger partial charge in [-0.2, -0.15) is 0 Å². The number of ether oxygens (including phenoxy) is 2. The predicted molar refractivity (Wildman–Crippen MR) is 91.6 cm³/mol. The van der Waals surface area contributed by atoms with E-state index in [9.17, 15) is 4.79 Å². The Labute approximate surface area is 149 Å². The summed E-state index contributed by atoms with van der Waals surface area (Å²) in [5, 5.41) is 0. The van der Waals surface area contributed by atoms with E-state index in [1.165, 1.54) is 0 Å². The molecule has 2 rings (SSSR count). The van der Waals surface area contributed by atoms with E-state index in [4.69, 9.17) is 13.3 Å². The monoisotopic (exact) mass is 348 g/mol. The van der Waals surface area contributed by atoms with Gasteiger partial charge in [0.1, 0.15) is 5.75 Å². The maximum Gasteiger partial charge on any atom is 0.484 e. The Balaban J connectivity index is 0.00000264. The van der Waals surface area contributed by atoms with Crippen LogP contribution in [0, 0.1) is 0 Å². The van der Waals surface area contributed by atoms with Gasteiger partial charge in [-0.25, -0.2) is 0 Å². The molecular formula is C17H21AlO6. The van der Waals surface area contributed by atoms with Crippen LogP contribution in [-0.4, -0.2) is 40.2 Å². The topological polar surface area (TPSA) is 108 Å². The van der Waals surface area contributed by atoms with Crippen LogP contribution < -0.4 is 9.47 Å². The lowest BCUT2D eigenvalue weighted by molar-refractivity contribution is -0.135. The zero-order chi connectivity index (χ0) is 15.9. The fourth-order valence-electron chi connectivity index (χ4n) is 2.00. The molecule has 2 aromatic carbocycles. The Bertz CT molecular complexity index is 632. The molecule has 0 saturated carbocycles. The summed E-state index contributed by atoms with van der Waals surface area (Å²) >= 11 is 1.98. The highest BCUT2D eigenvalue weighted by molar-refractivity contribution is 6.06. The third-order valence-corrected chi connectivity index (χ3v) is 3.44. The van der Waals surface area contributed by atoms with Gasteiger partial charge in [-0.15, -0.1) is 0 Å². The lowest BCUT2D eigenvalue weighted by Crippen LogP contribution is -2.11. The summed E-state index contributed by atoms with van der Waals surface area (Å²) in [5.74, 6) is 1.23. The second kappa shape index (κ2) is 10.7. The van der Waals surface area contributed by atoms with Crippen LogP contribution in [0.15, 0.2) is 48.5 Å². The zero-order valence-electron chi connectivity index (χ0n) is 13.6. The Kier molecular flexibility index (Phi) is 9.78. The largest absolute Gasteiger partial charge is 0.628 e. The van der Waals surface area contributed by atoms with Crippen molar-refractivity contribution in [3.05, 3.63) is 54.1 Å². The number of hydrogen-bond acceptors (Lipinski definition) is 4. The molecule has 0 aliphatic carbocycles. The molecule has 0 amide bonds. The maximum absolute atomic E-state index is 11.7. The third kappa shape index (κ3) is 5.55. The molecule has 0 bridgehead atoms. The lowest BCUT2D eigenvalue weighted by Gasteiger charge is -2.16. The summed E-state index contributed by atoms with van der Waals surface area (Å²) in [5.41, 5.74) is 0.807. The van der Waals surface area contributed by atoms with Gasteiger partial charge in [-0.3, -0.25) is 4.79 Å². The molecule has 0 heterocycles. The smallest absolute Gasteiger partial charge is 0.484 e. The second-order valence-electron chi connectivity index (χ2n) is 4.71. The lowest BCUT2D eigenvalue weighted by atomic mass is 10.0. The van der Waals surface area contributed by atoms with Crippen molar-refractivity contribution in [1.82, 2.24) is 0 Å². The summed E-state index contributed by atoms with van der Waals surface area (Å²) < 4.78 is 16.2. The van der Waals surface area contributed by atoms with E-state index in [1.54, 1.807) is 6.92 Å². The van der Waals surface area contributed by atoms with Gasteiger partial charge < -0.3 is 24.2 Å². The number of rotatable bonds is 6. The highest BCUT2D eigenvalue weighted by atomic mass is 27.1. The van der Waals surface area contributed by atoms with Crippen molar-refractivity contribution in [2.45, 2.75) is 19.8 Å². The van der Waals surface area contributed by atoms with Gasteiger partial charge in [-0.05, 0) is 43.7 Å². The SMILES string of the molecule is CCOc1ccc(C(C)C(=O)[O][Al])cc1Oc1ccccc1.O.O. The second-order valence-corrected chi connectivity index (χ2v) is 4.95. The van der Waals surface area contributed by atoms with Crippen LogP contribution in [0.4, 0.5) is 0 Å². The van der Waals surface area contributed by atoms with Crippen molar-refractivity contribution < 1.29 is 29.0 Å². The first-order valence-corrected chi connectivity index (χ1v) is 7.53. The maximum atomic E-state index is 11.7. The van der Waals surface area contributed by atoms with Gasteiger partial charge in [0.05, 0.1) is 12.5 Å². The normalized spacial score (nSPS) is 10.6. The molecule has 0 saturated heterocycles. The molecule has 2 radical (unpaired) electrons. The van der Waals surface area contributed by atoms with Crippen LogP contribution in [0.1, 0.15) is 25.3 Å². The van der Waals surface area contributed by atoms with Gasteiger partial charge >= 0.3 is 16.6 Å². The standard InChI is InChI=1S/C17H18O4.Al.2H2O/c1-3-20-15-10-9-13(12(2)17(18)19)11-16(15)21-14-7-5-4-6-8-14;;;/h4-12H,3H2,1-2H3,(H,18,19);;2*1H2/q;+1;;/p-1. The van der Waals surface area contributed by atoms with E-state index in [0.717, 1.165) is 5.56 Å².